The monoisotopic (exact) mass is 516 g/mol. The maximum atomic E-state index is 13.3. The second-order valence-electron chi connectivity index (χ2n) is 9.57. The molecule has 1 aliphatic rings. The number of fused-ring (bicyclic) bond motifs is 1. The molecule has 0 aliphatic carbocycles. The second-order valence-corrected chi connectivity index (χ2v) is 10.7. The predicted octanol–water partition coefficient (Wildman–Crippen LogP) is 4.21. The molecule has 3 aromatic heterocycles. The fourth-order valence-electron chi connectivity index (χ4n) is 4.63. The Balaban J connectivity index is 1.49. The van der Waals surface area contributed by atoms with Crippen molar-refractivity contribution in [2.75, 3.05) is 11.9 Å². The SMILES string of the molecule is C=CC(=O)N1CCCC1Cn1c(NC(=O)c2ccc(-c3cccnn3)s2)nc2cc(C(C)(C)O)ccc21. The average Bonchev–Trinajstić information content (AvgIpc) is 3.63. The van der Waals surface area contributed by atoms with Crippen molar-refractivity contribution in [3.05, 3.63) is 71.8 Å². The van der Waals surface area contributed by atoms with Gasteiger partial charge in [0.05, 0.1) is 32.4 Å². The number of likely N-dealkylation sites (tertiary alicyclic amines) is 1. The highest BCUT2D eigenvalue weighted by molar-refractivity contribution is 7.17. The minimum absolute atomic E-state index is 0.0440. The van der Waals surface area contributed by atoms with Gasteiger partial charge in [0.25, 0.3) is 5.91 Å². The normalized spacial score (nSPS) is 15.8. The highest BCUT2D eigenvalue weighted by atomic mass is 32.1. The van der Waals surface area contributed by atoms with Gasteiger partial charge in [0.1, 0.15) is 5.69 Å². The maximum absolute atomic E-state index is 13.3. The number of carbonyl (C=O) groups is 2. The summed E-state index contributed by atoms with van der Waals surface area (Å²) in [6, 6.07) is 12.8. The molecule has 0 bridgehead atoms. The van der Waals surface area contributed by atoms with Gasteiger partial charge >= 0.3 is 0 Å². The van der Waals surface area contributed by atoms with E-state index in [2.05, 4.69) is 22.1 Å². The molecule has 9 nitrogen and oxygen atoms in total. The molecule has 1 fully saturated rings. The number of aromatic nitrogens is 4. The summed E-state index contributed by atoms with van der Waals surface area (Å²) < 4.78 is 1.94. The molecule has 1 saturated heterocycles. The molecule has 190 valence electrons. The molecule has 4 heterocycles. The highest BCUT2D eigenvalue weighted by Gasteiger charge is 2.29. The van der Waals surface area contributed by atoms with Crippen molar-refractivity contribution in [2.45, 2.75) is 44.9 Å². The van der Waals surface area contributed by atoms with Gasteiger partial charge < -0.3 is 14.6 Å². The van der Waals surface area contributed by atoms with E-state index in [0.717, 1.165) is 28.8 Å². The van der Waals surface area contributed by atoms with Crippen molar-refractivity contribution in [3.63, 3.8) is 0 Å². The molecule has 5 rings (SSSR count). The quantitative estimate of drug-likeness (QED) is 0.356. The van der Waals surface area contributed by atoms with Crippen LogP contribution in [0.25, 0.3) is 21.6 Å². The van der Waals surface area contributed by atoms with Crippen LogP contribution in [-0.2, 0) is 16.9 Å². The standard InChI is InChI=1S/C27H28N6O3S/c1-4-24(34)32-14-6-7-18(32)16-33-21-10-9-17(27(2,3)36)15-20(21)29-26(33)30-25(35)23-12-11-22(37-23)19-8-5-13-28-31-19/h4-5,8-13,15,18,36H,1,6-7,14,16H2,2-3H3,(H,29,30,35). The summed E-state index contributed by atoms with van der Waals surface area (Å²) in [5.74, 6) is 0.00190. The number of nitrogens with one attached hydrogen (secondary N) is 1. The van der Waals surface area contributed by atoms with Crippen molar-refractivity contribution in [3.8, 4) is 10.6 Å². The van der Waals surface area contributed by atoms with Crippen LogP contribution in [0.1, 0.15) is 41.9 Å². The van der Waals surface area contributed by atoms with E-state index in [0.29, 0.717) is 35.1 Å². The number of thiophene rings is 1. The first-order valence-electron chi connectivity index (χ1n) is 12.1. The van der Waals surface area contributed by atoms with Crippen molar-refractivity contribution in [2.24, 2.45) is 0 Å². The number of aliphatic hydroxyl groups is 1. The number of imidazole rings is 1. The Hall–Kier alpha value is -3.89. The number of hydrogen-bond acceptors (Lipinski definition) is 7. The zero-order valence-corrected chi connectivity index (χ0v) is 21.5. The van der Waals surface area contributed by atoms with E-state index in [4.69, 9.17) is 4.98 Å². The van der Waals surface area contributed by atoms with Crippen LogP contribution < -0.4 is 5.32 Å². The number of nitrogens with zero attached hydrogens (tertiary/aromatic N) is 5. The Kier molecular flexibility index (Phi) is 6.61. The van der Waals surface area contributed by atoms with E-state index in [1.807, 2.05) is 39.8 Å². The van der Waals surface area contributed by atoms with E-state index < -0.39 is 5.60 Å². The Morgan fingerprint density at radius 2 is 2.11 bits per heavy atom. The van der Waals surface area contributed by atoms with Gasteiger partial charge in [-0.05, 0) is 74.7 Å². The summed E-state index contributed by atoms with van der Waals surface area (Å²) in [5.41, 5.74) is 1.85. The van der Waals surface area contributed by atoms with Crippen LogP contribution in [0, 0.1) is 0 Å². The summed E-state index contributed by atoms with van der Waals surface area (Å²) in [5, 5.41) is 21.5. The Labute approximate surface area is 218 Å². The van der Waals surface area contributed by atoms with E-state index in [1.54, 1.807) is 32.2 Å². The molecule has 2 amide bonds. The molecule has 4 aromatic rings. The average molecular weight is 517 g/mol. The largest absolute Gasteiger partial charge is 0.386 e. The second kappa shape index (κ2) is 9.87. The summed E-state index contributed by atoms with van der Waals surface area (Å²) in [7, 11) is 0. The molecule has 1 aliphatic heterocycles. The van der Waals surface area contributed by atoms with Crippen molar-refractivity contribution in [1.82, 2.24) is 24.6 Å². The third kappa shape index (κ3) is 5.03. The molecule has 0 spiro atoms. The lowest BCUT2D eigenvalue weighted by Crippen LogP contribution is -2.37. The van der Waals surface area contributed by atoms with Gasteiger partial charge in [-0.3, -0.25) is 14.9 Å². The van der Waals surface area contributed by atoms with E-state index in [-0.39, 0.29) is 17.9 Å². The molecule has 2 N–H and O–H groups in total. The van der Waals surface area contributed by atoms with Crippen LogP contribution in [0.5, 0.6) is 0 Å². The summed E-state index contributed by atoms with van der Waals surface area (Å²) >= 11 is 1.32. The fraction of sp³-hybridized carbons (Fsp3) is 0.296. The lowest BCUT2D eigenvalue weighted by Gasteiger charge is -2.25. The van der Waals surface area contributed by atoms with Gasteiger partial charge in [-0.2, -0.15) is 5.10 Å². The van der Waals surface area contributed by atoms with Crippen LogP contribution in [0.15, 0.2) is 61.3 Å². The molecule has 1 unspecified atom stereocenters. The first-order chi connectivity index (χ1) is 17.7. The predicted molar refractivity (Wildman–Crippen MR) is 143 cm³/mol. The van der Waals surface area contributed by atoms with Gasteiger partial charge in [0.15, 0.2) is 0 Å². The molecule has 0 saturated carbocycles. The van der Waals surface area contributed by atoms with Crippen LogP contribution >= 0.6 is 11.3 Å². The maximum Gasteiger partial charge on any atom is 0.268 e. The van der Waals surface area contributed by atoms with Crippen LogP contribution in [0.2, 0.25) is 0 Å². The fourth-order valence-corrected chi connectivity index (χ4v) is 5.49. The molecule has 1 aromatic carbocycles. The van der Waals surface area contributed by atoms with Gasteiger partial charge in [-0.1, -0.05) is 12.6 Å². The first kappa shape index (κ1) is 24.8. The first-order valence-corrected chi connectivity index (χ1v) is 12.9. The number of hydrogen-bond donors (Lipinski definition) is 2. The van der Waals surface area contributed by atoms with Crippen LogP contribution in [-0.4, -0.2) is 54.2 Å². The summed E-state index contributed by atoms with van der Waals surface area (Å²) in [6.45, 7) is 8.22. The van der Waals surface area contributed by atoms with Gasteiger partial charge in [-0.25, -0.2) is 4.98 Å². The molecule has 0 radical (unpaired) electrons. The number of carbonyl (C=O) groups excluding carboxylic acids is 2. The molecular formula is C27H28N6O3S. The van der Waals surface area contributed by atoms with Crippen molar-refractivity contribution < 1.29 is 14.7 Å². The summed E-state index contributed by atoms with van der Waals surface area (Å²) in [6.07, 6.45) is 4.70. The zero-order valence-electron chi connectivity index (χ0n) is 20.7. The van der Waals surface area contributed by atoms with E-state index >= 15 is 0 Å². The smallest absolute Gasteiger partial charge is 0.268 e. The minimum atomic E-state index is -1.03. The van der Waals surface area contributed by atoms with E-state index in [9.17, 15) is 14.7 Å². The lowest BCUT2D eigenvalue weighted by atomic mass is 9.98. The summed E-state index contributed by atoms with van der Waals surface area (Å²) in [4.78, 5) is 33.6. The molecule has 1 atom stereocenters. The van der Waals surface area contributed by atoms with Gasteiger partial charge in [0.2, 0.25) is 11.9 Å². The topological polar surface area (TPSA) is 113 Å². The third-order valence-electron chi connectivity index (χ3n) is 6.56. The Bertz CT molecular complexity index is 1470. The Morgan fingerprint density at radius 3 is 2.84 bits per heavy atom. The van der Waals surface area contributed by atoms with Gasteiger partial charge in [0, 0.05) is 19.3 Å². The van der Waals surface area contributed by atoms with Crippen LogP contribution in [0.4, 0.5) is 5.95 Å². The number of amides is 2. The molecular weight excluding hydrogens is 488 g/mol. The molecule has 37 heavy (non-hydrogen) atoms. The van der Waals surface area contributed by atoms with Crippen LogP contribution in [0.3, 0.4) is 0 Å². The number of rotatable bonds is 7. The Morgan fingerprint density at radius 1 is 1.27 bits per heavy atom. The van der Waals surface area contributed by atoms with Crippen molar-refractivity contribution in [1.29, 1.82) is 0 Å². The lowest BCUT2D eigenvalue weighted by molar-refractivity contribution is -0.126. The highest BCUT2D eigenvalue weighted by Crippen LogP contribution is 2.30. The van der Waals surface area contributed by atoms with Crippen molar-refractivity contribution >= 4 is 40.1 Å². The van der Waals surface area contributed by atoms with Gasteiger partial charge in [-0.15, -0.1) is 16.4 Å². The zero-order chi connectivity index (χ0) is 26.2. The number of benzene rings is 1. The third-order valence-corrected chi connectivity index (χ3v) is 7.67. The van der Waals surface area contributed by atoms with E-state index in [1.165, 1.54) is 17.4 Å². The number of anilines is 1. The molecule has 10 heteroatoms. The minimum Gasteiger partial charge on any atom is -0.386 e.